The van der Waals surface area contributed by atoms with Crippen LogP contribution in [0.4, 0.5) is 5.69 Å². The van der Waals surface area contributed by atoms with E-state index >= 15 is 0 Å². The lowest BCUT2D eigenvalue weighted by atomic mass is 10.1. The summed E-state index contributed by atoms with van der Waals surface area (Å²) in [6.07, 6.45) is 1.47. The van der Waals surface area contributed by atoms with Gasteiger partial charge in [0.05, 0.1) is 30.6 Å². The van der Waals surface area contributed by atoms with Gasteiger partial charge in [0.2, 0.25) is 5.43 Å². The molecule has 0 fully saturated rings. The Labute approximate surface area is 171 Å². The highest BCUT2D eigenvalue weighted by atomic mass is 16.6. The SMILES string of the molecule is COc1cc(CCNC(=O)c2c[nH]c3nc(C)ccc3c2=O)c([N+](=O)[O-])cc1OC. The van der Waals surface area contributed by atoms with E-state index in [0.717, 1.165) is 5.69 Å². The zero-order valence-electron chi connectivity index (χ0n) is 16.6. The van der Waals surface area contributed by atoms with Gasteiger partial charge in [0.15, 0.2) is 11.5 Å². The molecule has 2 heterocycles. The normalized spacial score (nSPS) is 10.6. The average Bonchev–Trinajstić information content (AvgIpc) is 2.73. The van der Waals surface area contributed by atoms with Crippen LogP contribution < -0.4 is 20.2 Å². The quantitative estimate of drug-likeness (QED) is 0.448. The number of hydrogen-bond acceptors (Lipinski definition) is 7. The van der Waals surface area contributed by atoms with Crippen LogP contribution in [0.1, 0.15) is 21.6 Å². The maximum atomic E-state index is 12.6. The fourth-order valence-corrected chi connectivity index (χ4v) is 3.06. The Balaban J connectivity index is 1.78. The number of nitro groups is 1. The van der Waals surface area contributed by atoms with Gasteiger partial charge in [-0.1, -0.05) is 0 Å². The molecule has 2 N–H and O–H groups in total. The Morgan fingerprint density at radius 2 is 1.93 bits per heavy atom. The van der Waals surface area contributed by atoms with Gasteiger partial charge >= 0.3 is 0 Å². The van der Waals surface area contributed by atoms with E-state index in [-0.39, 0.29) is 30.0 Å². The zero-order chi connectivity index (χ0) is 21.8. The molecule has 0 saturated heterocycles. The van der Waals surface area contributed by atoms with Crippen LogP contribution in [0, 0.1) is 17.0 Å². The molecule has 0 aliphatic rings. The number of carbonyl (C=O) groups excluding carboxylic acids is 1. The molecule has 2 aromatic heterocycles. The van der Waals surface area contributed by atoms with Crippen LogP contribution >= 0.6 is 0 Å². The lowest BCUT2D eigenvalue weighted by Gasteiger charge is -2.11. The molecule has 0 bridgehead atoms. The highest BCUT2D eigenvalue weighted by Gasteiger charge is 2.20. The first-order chi connectivity index (χ1) is 14.3. The molecule has 1 amide bonds. The van der Waals surface area contributed by atoms with E-state index in [4.69, 9.17) is 9.47 Å². The topological polar surface area (TPSA) is 136 Å². The predicted molar refractivity (Wildman–Crippen MR) is 109 cm³/mol. The summed E-state index contributed by atoms with van der Waals surface area (Å²) in [7, 11) is 2.82. The maximum Gasteiger partial charge on any atom is 0.276 e. The van der Waals surface area contributed by atoms with Crippen LogP contribution in [0.3, 0.4) is 0 Å². The minimum atomic E-state index is -0.582. The molecule has 0 saturated carbocycles. The lowest BCUT2D eigenvalue weighted by molar-refractivity contribution is -0.385. The summed E-state index contributed by atoms with van der Waals surface area (Å²) in [5.74, 6) is 0.00331. The average molecular weight is 412 g/mol. The number of nitrogens with one attached hydrogen (secondary N) is 2. The van der Waals surface area contributed by atoms with Crippen LogP contribution in [0.25, 0.3) is 11.0 Å². The van der Waals surface area contributed by atoms with Gasteiger partial charge in [-0.05, 0) is 31.5 Å². The maximum absolute atomic E-state index is 12.6. The zero-order valence-corrected chi connectivity index (χ0v) is 16.6. The van der Waals surface area contributed by atoms with Gasteiger partial charge in [-0.2, -0.15) is 0 Å². The van der Waals surface area contributed by atoms with Gasteiger partial charge in [-0.3, -0.25) is 19.7 Å². The van der Waals surface area contributed by atoms with E-state index in [1.165, 1.54) is 32.5 Å². The summed E-state index contributed by atoms with van der Waals surface area (Å²) in [4.78, 5) is 43.0. The van der Waals surface area contributed by atoms with Crippen LogP contribution in [0.5, 0.6) is 11.5 Å². The molecule has 0 unspecified atom stereocenters. The van der Waals surface area contributed by atoms with E-state index in [2.05, 4.69) is 15.3 Å². The van der Waals surface area contributed by atoms with Crippen molar-refractivity contribution in [1.29, 1.82) is 0 Å². The molecule has 0 radical (unpaired) electrons. The second-order valence-corrected chi connectivity index (χ2v) is 6.48. The minimum absolute atomic E-state index is 0.0602. The molecule has 0 aliphatic heterocycles. The third-order valence-electron chi connectivity index (χ3n) is 4.58. The second-order valence-electron chi connectivity index (χ2n) is 6.48. The van der Waals surface area contributed by atoms with E-state index in [9.17, 15) is 19.7 Å². The Kier molecular flexibility index (Phi) is 5.95. The smallest absolute Gasteiger partial charge is 0.276 e. The summed E-state index contributed by atoms with van der Waals surface area (Å²) in [6.45, 7) is 1.88. The molecule has 0 aliphatic carbocycles. The molecule has 30 heavy (non-hydrogen) atoms. The van der Waals surface area contributed by atoms with Crippen LogP contribution in [0.2, 0.25) is 0 Å². The van der Waals surface area contributed by atoms with Crippen molar-refractivity contribution in [2.24, 2.45) is 0 Å². The van der Waals surface area contributed by atoms with Crippen molar-refractivity contribution < 1.29 is 19.2 Å². The number of rotatable bonds is 7. The van der Waals surface area contributed by atoms with E-state index in [1.807, 2.05) is 0 Å². The molecular weight excluding hydrogens is 392 g/mol. The first-order valence-electron chi connectivity index (χ1n) is 9.02. The summed E-state index contributed by atoms with van der Waals surface area (Å²) in [6, 6.07) is 6.08. The summed E-state index contributed by atoms with van der Waals surface area (Å²) in [5.41, 5.74) is 0.863. The number of benzene rings is 1. The van der Waals surface area contributed by atoms with Gasteiger partial charge in [-0.15, -0.1) is 0 Å². The van der Waals surface area contributed by atoms with Crippen molar-refractivity contribution in [2.45, 2.75) is 13.3 Å². The Hall–Kier alpha value is -3.95. The number of hydrogen-bond donors (Lipinski definition) is 2. The predicted octanol–water partition coefficient (Wildman–Crippen LogP) is 2.13. The van der Waals surface area contributed by atoms with Crippen LogP contribution in [0.15, 0.2) is 35.3 Å². The van der Waals surface area contributed by atoms with E-state index in [1.54, 1.807) is 19.1 Å². The Bertz CT molecular complexity index is 1190. The molecule has 0 spiro atoms. The fraction of sp³-hybridized carbons (Fsp3) is 0.250. The number of H-pyrrole nitrogens is 1. The number of nitrogens with zero attached hydrogens (tertiary/aromatic N) is 2. The first kappa shape index (κ1) is 20.8. The highest BCUT2D eigenvalue weighted by molar-refractivity contribution is 5.96. The van der Waals surface area contributed by atoms with Crippen LogP contribution in [-0.4, -0.2) is 41.6 Å². The monoisotopic (exact) mass is 412 g/mol. The summed E-state index contributed by atoms with van der Waals surface area (Å²) < 4.78 is 10.3. The molecule has 10 nitrogen and oxygen atoms in total. The number of methoxy groups -OCH3 is 2. The number of amides is 1. The number of carbonyl (C=O) groups is 1. The highest BCUT2D eigenvalue weighted by Crippen LogP contribution is 2.34. The van der Waals surface area contributed by atoms with Gasteiger partial charge < -0.3 is 19.8 Å². The second kappa shape index (κ2) is 8.60. The lowest BCUT2D eigenvalue weighted by Crippen LogP contribution is -2.30. The molecular formula is C20H20N4O6. The van der Waals surface area contributed by atoms with E-state index < -0.39 is 16.3 Å². The number of aromatic nitrogens is 2. The Morgan fingerprint density at radius 3 is 2.60 bits per heavy atom. The van der Waals surface area contributed by atoms with Crippen molar-refractivity contribution in [1.82, 2.24) is 15.3 Å². The Morgan fingerprint density at radius 1 is 1.23 bits per heavy atom. The number of nitro benzene ring substituents is 1. The largest absolute Gasteiger partial charge is 0.493 e. The van der Waals surface area contributed by atoms with Crippen molar-refractivity contribution in [3.8, 4) is 11.5 Å². The molecule has 10 heteroatoms. The summed E-state index contributed by atoms with van der Waals surface area (Å²) >= 11 is 0. The third-order valence-corrected chi connectivity index (χ3v) is 4.58. The van der Waals surface area contributed by atoms with E-state index in [0.29, 0.717) is 22.3 Å². The summed E-state index contributed by atoms with van der Waals surface area (Å²) in [5, 5.41) is 14.3. The number of ether oxygens (including phenoxy) is 2. The van der Waals surface area contributed by atoms with Crippen LogP contribution in [-0.2, 0) is 6.42 Å². The molecule has 3 aromatic rings. The van der Waals surface area contributed by atoms with Gasteiger partial charge in [0.1, 0.15) is 11.2 Å². The minimum Gasteiger partial charge on any atom is -0.493 e. The first-order valence-corrected chi connectivity index (χ1v) is 9.02. The van der Waals surface area contributed by atoms with Crippen molar-refractivity contribution in [2.75, 3.05) is 20.8 Å². The van der Waals surface area contributed by atoms with Gasteiger partial charge in [0, 0.05) is 24.0 Å². The fourth-order valence-electron chi connectivity index (χ4n) is 3.06. The molecule has 0 atom stereocenters. The standard InChI is InChI=1S/C20H20N4O6/c1-11-4-5-13-18(25)14(10-22-19(13)23-11)20(26)21-7-6-12-8-16(29-2)17(30-3)9-15(12)24(27)28/h4-5,8-10H,6-7H2,1-3H3,(H,21,26)(H,22,23,25). The number of aryl methyl sites for hydroxylation is 1. The van der Waals surface area contributed by atoms with Crippen molar-refractivity contribution in [3.05, 3.63) is 67.6 Å². The molecule has 1 aromatic carbocycles. The molecule has 3 rings (SSSR count). The number of fused-ring (bicyclic) bond motifs is 1. The molecule has 156 valence electrons. The van der Waals surface area contributed by atoms with Gasteiger partial charge in [-0.25, -0.2) is 4.98 Å². The van der Waals surface area contributed by atoms with Crippen molar-refractivity contribution >= 4 is 22.6 Å². The third kappa shape index (κ3) is 4.07. The van der Waals surface area contributed by atoms with Gasteiger partial charge in [0.25, 0.3) is 11.6 Å². The number of aromatic amines is 1. The number of pyridine rings is 2. The van der Waals surface area contributed by atoms with Crippen molar-refractivity contribution in [3.63, 3.8) is 0 Å².